The monoisotopic (exact) mass is 175 g/mol. The first-order chi connectivity index (χ1) is 5.04. The van der Waals surface area contributed by atoms with E-state index < -0.39 is 7.14 Å². The van der Waals surface area contributed by atoms with E-state index in [0.717, 1.165) is 26.1 Å². The second-order valence-electron chi connectivity index (χ2n) is 3.77. The van der Waals surface area contributed by atoms with Crippen LogP contribution in [0, 0.1) is 0 Å². The summed E-state index contributed by atoms with van der Waals surface area (Å²) < 4.78 is 11.7. The van der Waals surface area contributed by atoms with Gasteiger partial charge in [-0.2, -0.15) is 0 Å². The molecule has 0 radical (unpaired) electrons. The zero-order chi connectivity index (χ0) is 8.48. The van der Waals surface area contributed by atoms with Crippen LogP contribution in [0.15, 0.2) is 0 Å². The Morgan fingerprint density at radius 2 is 2.18 bits per heavy atom. The second kappa shape index (κ2) is 3.28. The van der Waals surface area contributed by atoms with Crippen molar-refractivity contribution in [3.8, 4) is 0 Å². The van der Waals surface area contributed by atoms with Gasteiger partial charge in [0.15, 0.2) is 0 Å². The molecule has 11 heavy (non-hydrogen) atoms. The van der Waals surface area contributed by atoms with Crippen LogP contribution in [-0.4, -0.2) is 43.5 Å². The molecule has 3 heteroatoms. The van der Waals surface area contributed by atoms with Gasteiger partial charge in [0, 0.05) is 12.2 Å². The van der Waals surface area contributed by atoms with Gasteiger partial charge in [0.2, 0.25) is 0 Å². The Bertz CT molecular complexity index is 175. The molecule has 1 atom stereocenters. The molecule has 0 bridgehead atoms. The lowest BCUT2D eigenvalue weighted by Gasteiger charge is -2.16. The van der Waals surface area contributed by atoms with Gasteiger partial charge in [0.1, 0.15) is 0 Å². The summed E-state index contributed by atoms with van der Waals surface area (Å²) in [5.41, 5.74) is 0.474. The highest BCUT2D eigenvalue weighted by atomic mass is 31.2. The van der Waals surface area contributed by atoms with Crippen molar-refractivity contribution in [3.63, 3.8) is 0 Å². The molecule has 0 saturated carbocycles. The molecule has 0 aromatic rings. The molecule has 1 unspecified atom stereocenters. The molecule has 0 N–H and O–H groups in total. The van der Waals surface area contributed by atoms with Gasteiger partial charge in [-0.25, -0.2) is 0 Å². The van der Waals surface area contributed by atoms with Crippen LogP contribution in [0.5, 0.6) is 0 Å². The first-order valence-corrected chi connectivity index (χ1v) is 6.98. The van der Waals surface area contributed by atoms with Gasteiger partial charge in [-0.15, -0.1) is 0 Å². The van der Waals surface area contributed by atoms with E-state index in [1.165, 1.54) is 0 Å². The molecule has 0 aliphatic carbocycles. The van der Waals surface area contributed by atoms with Crippen LogP contribution >= 0.6 is 7.14 Å². The van der Waals surface area contributed by atoms with Crippen LogP contribution in [-0.2, 0) is 4.57 Å². The maximum Gasteiger partial charge on any atom is 0.0861 e. The highest BCUT2D eigenvalue weighted by molar-refractivity contribution is 7.63. The van der Waals surface area contributed by atoms with Crippen LogP contribution in [0.1, 0.15) is 13.3 Å². The predicted octanol–water partition coefficient (Wildman–Crippen LogP) is 1.70. The summed E-state index contributed by atoms with van der Waals surface area (Å²) in [7, 11) is -1.81. The Kier molecular flexibility index (Phi) is 2.77. The molecular weight excluding hydrogens is 157 g/mol. The SMILES string of the molecule is CCN1CCC(P(C)(C)=O)C1. The van der Waals surface area contributed by atoms with Crippen molar-refractivity contribution in [2.24, 2.45) is 0 Å². The Hall–Kier alpha value is 0.190. The summed E-state index contributed by atoms with van der Waals surface area (Å²) in [4.78, 5) is 2.38. The summed E-state index contributed by atoms with van der Waals surface area (Å²) in [6.45, 7) is 9.30. The van der Waals surface area contributed by atoms with Crippen LogP contribution in [0.2, 0.25) is 0 Å². The van der Waals surface area contributed by atoms with Crippen LogP contribution in [0.4, 0.5) is 0 Å². The molecule has 1 saturated heterocycles. The number of rotatable bonds is 2. The molecule has 2 nitrogen and oxygen atoms in total. The summed E-state index contributed by atoms with van der Waals surface area (Å²) >= 11 is 0. The van der Waals surface area contributed by atoms with E-state index in [1.807, 2.05) is 13.3 Å². The summed E-state index contributed by atoms with van der Waals surface area (Å²) in [6.07, 6.45) is 1.14. The van der Waals surface area contributed by atoms with E-state index in [0.29, 0.717) is 5.66 Å². The van der Waals surface area contributed by atoms with Crippen molar-refractivity contribution in [1.82, 2.24) is 4.90 Å². The number of nitrogens with zero attached hydrogens (tertiary/aromatic N) is 1. The van der Waals surface area contributed by atoms with Crippen molar-refractivity contribution in [2.75, 3.05) is 33.0 Å². The lowest BCUT2D eigenvalue weighted by atomic mass is 10.4. The van der Waals surface area contributed by atoms with Gasteiger partial charge in [-0.3, -0.25) is 0 Å². The fourth-order valence-electron chi connectivity index (χ4n) is 1.61. The fraction of sp³-hybridized carbons (Fsp3) is 1.00. The van der Waals surface area contributed by atoms with E-state index in [-0.39, 0.29) is 0 Å². The molecule has 66 valence electrons. The third-order valence-corrected chi connectivity index (χ3v) is 4.75. The molecule has 1 fully saturated rings. The third-order valence-electron chi connectivity index (χ3n) is 2.57. The minimum Gasteiger partial charge on any atom is -0.324 e. The van der Waals surface area contributed by atoms with Gasteiger partial charge < -0.3 is 9.46 Å². The van der Waals surface area contributed by atoms with E-state index >= 15 is 0 Å². The van der Waals surface area contributed by atoms with Gasteiger partial charge >= 0.3 is 0 Å². The fourth-order valence-corrected chi connectivity index (χ4v) is 2.97. The molecule has 0 aromatic heterocycles. The van der Waals surface area contributed by atoms with Gasteiger partial charge in [0.25, 0.3) is 0 Å². The Labute approximate surface area is 69.3 Å². The molecular formula is C8H18NOP. The van der Waals surface area contributed by atoms with Crippen LogP contribution < -0.4 is 0 Å². The standard InChI is InChI=1S/C8H18NOP/c1-4-9-6-5-8(7-9)11(2,3)10/h8H,4-7H2,1-3H3. The smallest absolute Gasteiger partial charge is 0.0861 e. The predicted molar refractivity (Wildman–Crippen MR) is 50.0 cm³/mol. The quantitative estimate of drug-likeness (QED) is 0.595. The minimum absolute atomic E-state index is 0.474. The summed E-state index contributed by atoms with van der Waals surface area (Å²) in [5, 5.41) is 0. The maximum atomic E-state index is 11.7. The first-order valence-electron chi connectivity index (χ1n) is 4.31. The van der Waals surface area contributed by atoms with Crippen molar-refractivity contribution in [3.05, 3.63) is 0 Å². The lowest BCUT2D eigenvalue weighted by molar-refractivity contribution is 0.359. The summed E-state index contributed by atoms with van der Waals surface area (Å²) in [6, 6.07) is 0. The Balaban J connectivity index is 2.48. The maximum absolute atomic E-state index is 11.7. The lowest BCUT2D eigenvalue weighted by Crippen LogP contribution is -2.21. The molecule has 0 spiro atoms. The third kappa shape index (κ3) is 2.31. The average Bonchev–Trinajstić information content (AvgIpc) is 2.32. The van der Waals surface area contributed by atoms with E-state index in [2.05, 4.69) is 11.8 Å². The average molecular weight is 175 g/mol. The number of likely N-dealkylation sites (tertiary alicyclic amines) is 1. The summed E-state index contributed by atoms with van der Waals surface area (Å²) in [5.74, 6) is 0. The van der Waals surface area contributed by atoms with Crippen molar-refractivity contribution < 1.29 is 4.57 Å². The van der Waals surface area contributed by atoms with E-state index in [4.69, 9.17) is 0 Å². The van der Waals surface area contributed by atoms with Crippen molar-refractivity contribution in [1.29, 1.82) is 0 Å². The topological polar surface area (TPSA) is 20.3 Å². The van der Waals surface area contributed by atoms with Gasteiger partial charge in [-0.1, -0.05) is 6.92 Å². The van der Waals surface area contributed by atoms with Gasteiger partial charge in [-0.05, 0) is 32.8 Å². The molecule has 1 heterocycles. The molecule has 1 rings (SSSR count). The zero-order valence-electron chi connectivity index (χ0n) is 7.71. The number of hydrogen-bond acceptors (Lipinski definition) is 2. The second-order valence-corrected chi connectivity index (χ2v) is 7.37. The highest BCUT2D eigenvalue weighted by Gasteiger charge is 2.29. The molecule has 0 aromatic carbocycles. The van der Waals surface area contributed by atoms with Gasteiger partial charge in [0.05, 0.1) is 7.14 Å². The number of hydrogen-bond donors (Lipinski definition) is 0. The van der Waals surface area contributed by atoms with E-state index in [1.54, 1.807) is 0 Å². The normalized spacial score (nSPS) is 27.7. The Morgan fingerprint density at radius 3 is 2.45 bits per heavy atom. The van der Waals surface area contributed by atoms with Crippen molar-refractivity contribution >= 4 is 7.14 Å². The molecule has 1 aliphatic rings. The largest absolute Gasteiger partial charge is 0.324 e. The van der Waals surface area contributed by atoms with Crippen LogP contribution in [0.25, 0.3) is 0 Å². The zero-order valence-corrected chi connectivity index (χ0v) is 8.60. The minimum atomic E-state index is -1.81. The Morgan fingerprint density at radius 1 is 1.55 bits per heavy atom. The van der Waals surface area contributed by atoms with E-state index in [9.17, 15) is 4.57 Å². The first kappa shape index (κ1) is 9.28. The molecule has 0 amide bonds. The highest BCUT2D eigenvalue weighted by Crippen LogP contribution is 2.46. The molecule has 1 aliphatic heterocycles. The van der Waals surface area contributed by atoms with Crippen molar-refractivity contribution in [2.45, 2.75) is 19.0 Å². The van der Waals surface area contributed by atoms with Crippen LogP contribution in [0.3, 0.4) is 0 Å².